The number of benzene rings is 1. The molecule has 0 amide bonds. The second-order valence-electron chi connectivity index (χ2n) is 7.61. The molecule has 0 bridgehead atoms. The Morgan fingerprint density at radius 2 is 1.59 bits per heavy atom. The van der Waals surface area contributed by atoms with Crippen LogP contribution in [0, 0.1) is 6.92 Å². The average molecular weight is 437 g/mol. The van der Waals surface area contributed by atoms with E-state index in [1.54, 1.807) is 42.7 Å². The number of aryl methyl sites for hydroxylation is 1. The SMILES string of the molecule is Cc1ccc(S(=O)(=O)[C@@H]2CS(=O)(=O)C[C@H]2N2CCN(c3ncccn3)CC2)cc1. The first-order valence-corrected chi connectivity index (χ1v) is 12.9. The van der Waals surface area contributed by atoms with Crippen LogP contribution in [0.25, 0.3) is 0 Å². The van der Waals surface area contributed by atoms with Gasteiger partial charge in [0.25, 0.3) is 0 Å². The predicted molar refractivity (Wildman–Crippen MR) is 110 cm³/mol. The van der Waals surface area contributed by atoms with E-state index in [-0.39, 0.29) is 16.4 Å². The molecular weight excluding hydrogens is 412 g/mol. The number of hydrogen-bond donors (Lipinski definition) is 0. The van der Waals surface area contributed by atoms with Crippen molar-refractivity contribution in [2.45, 2.75) is 23.1 Å². The van der Waals surface area contributed by atoms with Gasteiger partial charge < -0.3 is 4.90 Å². The molecule has 10 heteroatoms. The van der Waals surface area contributed by atoms with E-state index >= 15 is 0 Å². The van der Waals surface area contributed by atoms with Crippen molar-refractivity contribution < 1.29 is 16.8 Å². The van der Waals surface area contributed by atoms with Gasteiger partial charge in [0.15, 0.2) is 19.7 Å². The molecule has 3 heterocycles. The van der Waals surface area contributed by atoms with Crippen LogP contribution >= 0.6 is 0 Å². The Morgan fingerprint density at radius 3 is 2.21 bits per heavy atom. The monoisotopic (exact) mass is 436 g/mol. The Hall–Kier alpha value is -2.04. The second-order valence-corrected chi connectivity index (χ2v) is 11.9. The van der Waals surface area contributed by atoms with Crippen molar-refractivity contribution in [3.63, 3.8) is 0 Å². The average Bonchev–Trinajstić information content (AvgIpc) is 3.05. The summed E-state index contributed by atoms with van der Waals surface area (Å²) in [6.45, 7) is 4.27. The van der Waals surface area contributed by atoms with Gasteiger partial charge in [0.05, 0.1) is 21.7 Å². The topological polar surface area (TPSA) is 101 Å². The maximum atomic E-state index is 13.3. The maximum Gasteiger partial charge on any atom is 0.225 e. The fraction of sp³-hybridized carbons (Fsp3) is 0.474. The lowest BCUT2D eigenvalue weighted by Gasteiger charge is -2.39. The number of piperazine rings is 1. The molecule has 0 saturated carbocycles. The van der Waals surface area contributed by atoms with Gasteiger partial charge in [-0.3, -0.25) is 4.90 Å². The summed E-state index contributed by atoms with van der Waals surface area (Å²) in [5.74, 6) is 0.190. The molecule has 1 aromatic heterocycles. The third-order valence-corrected chi connectivity index (χ3v) is 9.77. The van der Waals surface area contributed by atoms with E-state index < -0.39 is 31.0 Å². The van der Waals surface area contributed by atoms with Crippen molar-refractivity contribution in [2.75, 3.05) is 42.6 Å². The molecule has 0 aliphatic carbocycles. The van der Waals surface area contributed by atoms with Gasteiger partial charge in [-0.2, -0.15) is 0 Å². The van der Waals surface area contributed by atoms with Crippen molar-refractivity contribution in [3.8, 4) is 0 Å². The van der Waals surface area contributed by atoms with E-state index in [4.69, 9.17) is 0 Å². The first-order chi connectivity index (χ1) is 13.8. The Balaban J connectivity index is 1.55. The predicted octanol–water partition coefficient (Wildman–Crippen LogP) is 0.547. The lowest BCUT2D eigenvalue weighted by molar-refractivity contribution is 0.201. The van der Waals surface area contributed by atoms with Crippen LogP contribution in [0.2, 0.25) is 0 Å². The molecule has 2 fully saturated rings. The minimum Gasteiger partial charge on any atom is -0.338 e. The lowest BCUT2D eigenvalue weighted by atomic mass is 10.2. The van der Waals surface area contributed by atoms with Gasteiger partial charge in [0.2, 0.25) is 5.95 Å². The summed E-state index contributed by atoms with van der Waals surface area (Å²) in [6, 6.07) is 7.83. The van der Waals surface area contributed by atoms with Gasteiger partial charge >= 0.3 is 0 Å². The largest absolute Gasteiger partial charge is 0.338 e. The smallest absolute Gasteiger partial charge is 0.225 e. The van der Waals surface area contributed by atoms with Gasteiger partial charge in [0, 0.05) is 44.6 Å². The first kappa shape index (κ1) is 20.2. The molecule has 0 N–H and O–H groups in total. The summed E-state index contributed by atoms with van der Waals surface area (Å²) in [7, 11) is -7.17. The van der Waals surface area contributed by atoms with Crippen LogP contribution < -0.4 is 4.90 Å². The van der Waals surface area contributed by atoms with E-state index in [1.165, 1.54) is 0 Å². The number of sulfone groups is 2. The van der Waals surface area contributed by atoms with Crippen LogP contribution in [0.15, 0.2) is 47.6 Å². The summed E-state index contributed by atoms with van der Waals surface area (Å²) in [6.07, 6.45) is 3.37. The minimum atomic E-state index is -3.75. The standard InChI is InChI=1S/C19H24N4O4S2/c1-15-3-5-16(6-4-15)29(26,27)18-14-28(24,25)13-17(18)22-9-11-23(12-10-22)19-20-7-2-8-21-19/h2-8,17-18H,9-14H2,1H3/t17-,18-/m1/s1. The molecule has 29 heavy (non-hydrogen) atoms. The number of rotatable bonds is 4. The molecular formula is C19H24N4O4S2. The molecule has 1 aromatic carbocycles. The molecule has 2 aromatic rings. The number of hydrogen-bond acceptors (Lipinski definition) is 8. The van der Waals surface area contributed by atoms with Gasteiger partial charge in [-0.25, -0.2) is 26.8 Å². The zero-order chi connectivity index (χ0) is 20.6. The molecule has 2 aliphatic rings. The Kier molecular flexibility index (Phi) is 5.34. The Bertz CT molecular complexity index is 1060. The molecule has 0 radical (unpaired) electrons. The highest BCUT2D eigenvalue weighted by atomic mass is 32.2. The van der Waals surface area contributed by atoms with Crippen molar-refractivity contribution in [2.24, 2.45) is 0 Å². The fourth-order valence-corrected chi connectivity index (χ4v) is 8.87. The molecule has 2 saturated heterocycles. The molecule has 4 rings (SSSR count). The van der Waals surface area contributed by atoms with Crippen molar-refractivity contribution in [3.05, 3.63) is 48.3 Å². The van der Waals surface area contributed by atoms with Crippen molar-refractivity contribution >= 4 is 25.6 Å². The van der Waals surface area contributed by atoms with Gasteiger partial charge in [-0.15, -0.1) is 0 Å². The Morgan fingerprint density at radius 1 is 0.966 bits per heavy atom. The van der Waals surface area contributed by atoms with E-state index in [2.05, 4.69) is 9.97 Å². The van der Waals surface area contributed by atoms with E-state index in [1.807, 2.05) is 16.7 Å². The van der Waals surface area contributed by atoms with Crippen LogP contribution in [0.5, 0.6) is 0 Å². The zero-order valence-corrected chi connectivity index (χ0v) is 17.8. The number of anilines is 1. The van der Waals surface area contributed by atoms with E-state index in [9.17, 15) is 16.8 Å². The summed E-state index contributed by atoms with van der Waals surface area (Å²) in [4.78, 5) is 12.7. The first-order valence-electron chi connectivity index (χ1n) is 9.53. The normalized spacial score (nSPS) is 25.2. The van der Waals surface area contributed by atoms with Crippen molar-refractivity contribution in [1.29, 1.82) is 0 Å². The third-order valence-electron chi connectivity index (χ3n) is 5.64. The number of aromatic nitrogens is 2. The highest BCUT2D eigenvalue weighted by Gasteiger charge is 2.48. The summed E-state index contributed by atoms with van der Waals surface area (Å²) in [5.41, 5.74) is 0.957. The highest BCUT2D eigenvalue weighted by molar-refractivity contribution is 7.96. The molecule has 0 spiro atoms. The Labute approximate surface area is 171 Å². The third kappa shape index (κ3) is 4.15. The fourth-order valence-electron chi connectivity index (χ4n) is 4.04. The molecule has 156 valence electrons. The van der Waals surface area contributed by atoms with Crippen LogP contribution in [-0.2, 0) is 19.7 Å². The second kappa shape index (κ2) is 7.66. The highest BCUT2D eigenvalue weighted by Crippen LogP contribution is 2.30. The van der Waals surface area contributed by atoms with E-state index in [0.29, 0.717) is 32.1 Å². The molecule has 2 aliphatic heterocycles. The van der Waals surface area contributed by atoms with Gasteiger partial charge in [-0.05, 0) is 25.1 Å². The zero-order valence-electron chi connectivity index (χ0n) is 16.2. The summed E-state index contributed by atoms with van der Waals surface area (Å²) >= 11 is 0. The maximum absolute atomic E-state index is 13.3. The summed E-state index contributed by atoms with van der Waals surface area (Å²) in [5, 5.41) is -0.949. The summed E-state index contributed by atoms with van der Waals surface area (Å²) < 4.78 is 51.3. The lowest BCUT2D eigenvalue weighted by Crippen LogP contribution is -2.55. The van der Waals surface area contributed by atoms with Crippen LogP contribution in [0.4, 0.5) is 5.95 Å². The van der Waals surface area contributed by atoms with Gasteiger partial charge in [-0.1, -0.05) is 17.7 Å². The van der Waals surface area contributed by atoms with Crippen LogP contribution in [0.1, 0.15) is 5.56 Å². The van der Waals surface area contributed by atoms with Crippen LogP contribution in [-0.4, -0.2) is 80.7 Å². The van der Waals surface area contributed by atoms with Gasteiger partial charge in [0.1, 0.15) is 0 Å². The molecule has 2 atom stereocenters. The molecule has 0 unspecified atom stereocenters. The van der Waals surface area contributed by atoms with Crippen molar-refractivity contribution in [1.82, 2.24) is 14.9 Å². The van der Waals surface area contributed by atoms with E-state index in [0.717, 1.165) is 5.56 Å². The molecule has 8 nitrogen and oxygen atoms in total. The van der Waals surface area contributed by atoms with Crippen LogP contribution in [0.3, 0.4) is 0 Å². The quantitative estimate of drug-likeness (QED) is 0.685. The number of nitrogens with zero attached hydrogens (tertiary/aromatic N) is 4. The minimum absolute atomic E-state index is 0.120.